The van der Waals surface area contributed by atoms with Gasteiger partial charge in [-0.1, -0.05) is 20.8 Å². The van der Waals surface area contributed by atoms with Gasteiger partial charge in [0.1, 0.15) is 5.78 Å². The Morgan fingerprint density at radius 2 is 2.05 bits per heavy atom. The van der Waals surface area contributed by atoms with Crippen molar-refractivity contribution in [2.75, 3.05) is 32.7 Å². The van der Waals surface area contributed by atoms with Gasteiger partial charge in [-0.2, -0.15) is 0 Å². The highest BCUT2D eigenvalue weighted by Gasteiger charge is 2.35. The minimum Gasteiger partial charge on any atom is -0.300 e. The molecule has 2 fully saturated rings. The van der Waals surface area contributed by atoms with E-state index in [1.807, 2.05) is 0 Å². The average molecular weight is 266 g/mol. The molecule has 2 rings (SSSR count). The molecule has 0 N–H and O–H groups in total. The lowest BCUT2D eigenvalue weighted by atomic mass is 9.71. The molecule has 1 aliphatic carbocycles. The monoisotopic (exact) mass is 266 g/mol. The molecule has 2 unspecified atom stereocenters. The van der Waals surface area contributed by atoms with Crippen molar-refractivity contribution < 1.29 is 4.79 Å². The SMILES string of the molecule is CCN1CCN(CC2CC(C)(C)CCC2=O)CC1C. The molecular formula is C16H30N2O. The van der Waals surface area contributed by atoms with E-state index >= 15 is 0 Å². The Bertz CT molecular complexity index is 327. The second kappa shape index (κ2) is 5.92. The Morgan fingerprint density at radius 1 is 1.32 bits per heavy atom. The topological polar surface area (TPSA) is 23.6 Å². The van der Waals surface area contributed by atoms with E-state index in [-0.39, 0.29) is 5.92 Å². The summed E-state index contributed by atoms with van der Waals surface area (Å²) in [5.74, 6) is 0.786. The van der Waals surface area contributed by atoms with Crippen molar-refractivity contribution in [3.8, 4) is 0 Å². The number of hydrogen-bond donors (Lipinski definition) is 0. The van der Waals surface area contributed by atoms with E-state index in [1.165, 1.54) is 0 Å². The van der Waals surface area contributed by atoms with Gasteiger partial charge in [-0.05, 0) is 31.7 Å². The first-order valence-corrected chi connectivity index (χ1v) is 7.90. The molecule has 0 spiro atoms. The molecule has 0 aromatic carbocycles. The molecule has 0 aromatic rings. The van der Waals surface area contributed by atoms with Crippen LogP contribution in [-0.2, 0) is 4.79 Å². The number of ketones is 1. The van der Waals surface area contributed by atoms with Crippen LogP contribution in [0.4, 0.5) is 0 Å². The third-order valence-electron chi connectivity index (χ3n) is 5.04. The number of carbonyl (C=O) groups excluding carboxylic acids is 1. The Morgan fingerprint density at radius 3 is 2.68 bits per heavy atom. The van der Waals surface area contributed by atoms with Gasteiger partial charge in [0, 0.05) is 44.6 Å². The largest absolute Gasteiger partial charge is 0.300 e. The van der Waals surface area contributed by atoms with Crippen molar-refractivity contribution in [3.05, 3.63) is 0 Å². The van der Waals surface area contributed by atoms with E-state index in [1.54, 1.807) is 0 Å². The van der Waals surface area contributed by atoms with Crippen molar-refractivity contribution in [2.45, 2.75) is 53.0 Å². The van der Waals surface area contributed by atoms with Gasteiger partial charge in [-0.25, -0.2) is 0 Å². The summed E-state index contributed by atoms with van der Waals surface area (Å²) < 4.78 is 0. The molecule has 1 aliphatic heterocycles. The smallest absolute Gasteiger partial charge is 0.137 e. The fourth-order valence-corrected chi connectivity index (χ4v) is 3.73. The van der Waals surface area contributed by atoms with Crippen LogP contribution in [0.2, 0.25) is 0 Å². The van der Waals surface area contributed by atoms with Crippen LogP contribution in [-0.4, -0.2) is 54.3 Å². The summed E-state index contributed by atoms with van der Waals surface area (Å²) in [7, 11) is 0. The highest BCUT2D eigenvalue weighted by molar-refractivity contribution is 5.82. The van der Waals surface area contributed by atoms with Gasteiger partial charge < -0.3 is 0 Å². The standard InChI is InChI=1S/C16H30N2O/c1-5-18-9-8-17(11-13(18)2)12-14-10-16(3,4)7-6-15(14)19/h13-14H,5-12H2,1-4H3. The number of rotatable bonds is 3. The van der Waals surface area contributed by atoms with E-state index in [4.69, 9.17) is 0 Å². The molecule has 3 heteroatoms. The molecule has 0 bridgehead atoms. The van der Waals surface area contributed by atoms with Gasteiger partial charge in [0.2, 0.25) is 0 Å². The summed E-state index contributed by atoms with van der Waals surface area (Å²) in [5.41, 5.74) is 0.357. The van der Waals surface area contributed by atoms with Gasteiger partial charge in [-0.3, -0.25) is 14.6 Å². The van der Waals surface area contributed by atoms with Crippen molar-refractivity contribution in [1.29, 1.82) is 0 Å². The van der Waals surface area contributed by atoms with Crippen LogP contribution in [0, 0.1) is 11.3 Å². The second-order valence-electron chi connectivity index (χ2n) is 7.27. The molecule has 19 heavy (non-hydrogen) atoms. The summed E-state index contributed by atoms with van der Waals surface area (Å²) >= 11 is 0. The van der Waals surface area contributed by atoms with E-state index in [9.17, 15) is 4.79 Å². The Hall–Kier alpha value is -0.410. The number of Topliss-reactive ketones (excluding diaryl/α,β-unsaturated/α-hetero) is 1. The number of carbonyl (C=O) groups is 1. The van der Waals surface area contributed by atoms with Crippen LogP contribution >= 0.6 is 0 Å². The molecule has 0 aromatic heterocycles. The van der Waals surface area contributed by atoms with E-state index in [0.717, 1.165) is 52.0 Å². The molecule has 2 atom stereocenters. The Balaban J connectivity index is 1.89. The first-order chi connectivity index (χ1) is 8.91. The fourth-order valence-electron chi connectivity index (χ4n) is 3.73. The van der Waals surface area contributed by atoms with Crippen LogP contribution in [0.5, 0.6) is 0 Å². The lowest BCUT2D eigenvalue weighted by molar-refractivity contribution is -0.128. The Kier molecular flexibility index (Phi) is 4.67. The molecule has 1 heterocycles. The summed E-state index contributed by atoms with van der Waals surface area (Å²) in [5, 5.41) is 0. The van der Waals surface area contributed by atoms with Crippen LogP contribution < -0.4 is 0 Å². The van der Waals surface area contributed by atoms with Crippen LogP contribution in [0.3, 0.4) is 0 Å². The van der Waals surface area contributed by atoms with Gasteiger partial charge in [-0.15, -0.1) is 0 Å². The number of likely N-dealkylation sites (N-methyl/N-ethyl adjacent to an activating group) is 1. The van der Waals surface area contributed by atoms with Gasteiger partial charge in [0.15, 0.2) is 0 Å². The summed E-state index contributed by atoms with van der Waals surface area (Å²) in [6.45, 7) is 14.7. The molecule has 1 saturated heterocycles. The highest BCUT2D eigenvalue weighted by Crippen LogP contribution is 2.37. The maximum atomic E-state index is 12.1. The molecular weight excluding hydrogens is 236 g/mol. The van der Waals surface area contributed by atoms with E-state index < -0.39 is 0 Å². The van der Waals surface area contributed by atoms with Crippen molar-refractivity contribution in [3.63, 3.8) is 0 Å². The summed E-state index contributed by atoms with van der Waals surface area (Å²) in [4.78, 5) is 17.2. The zero-order chi connectivity index (χ0) is 14.0. The van der Waals surface area contributed by atoms with Crippen molar-refractivity contribution in [2.24, 2.45) is 11.3 Å². The molecule has 0 amide bonds. The van der Waals surface area contributed by atoms with Crippen LogP contribution in [0.15, 0.2) is 0 Å². The maximum absolute atomic E-state index is 12.1. The number of hydrogen-bond acceptors (Lipinski definition) is 3. The third-order valence-corrected chi connectivity index (χ3v) is 5.04. The molecule has 0 radical (unpaired) electrons. The lowest BCUT2D eigenvalue weighted by Crippen LogP contribution is -2.53. The molecule has 3 nitrogen and oxygen atoms in total. The van der Waals surface area contributed by atoms with Crippen LogP contribution in [0.1, 0.15) is 47.0 Å². The summed E-state index contributed by atoms with van der Waals surface area (Å²) in [6.07, 6.45) is 2.94. The highest BCUT2D eigenvalue weighted by atomic mass is 16.1. The normalized spacial score (nSPS) is 33.6. The number of nitrogens with zero attached hydrogens (tertiary/aromatic N) is 2. The number of piperazine rings is 1. The lowest BCUT2D eigenvalue weighted by Gasteiger charge is -2.42. The molecule has 1 saturated carbocycles. The molecule has 110 valence electrons. The van der Waals surface area contributed by atoms with Gasteiger partial charge in [0.25, 0.3) is 0 Å². The van der Waals surface area contributed by atoms with Gasteiger partial charge >= 0.3 is 0 Å². The fraction of sp³-hybridized carbons (Fsp3) is 0.938. The average Bonchev–Trinajstić information content (AvgIpc) is 2.34. The second-order valence-corrected chi connectivity index (χ2v) is 7.27. The minimum atomic E-state index is 0.282. The quantitative estimate of drug-likeness (QED) is 0.784. The maximum Gasteiger partial charge on any atom is 0.137 e. The third kappa shape index (κ3) is 3.79. The first kappa shape index (κ1) is 15.0. The van der Waals surface area contributed by atoms with Gasteiger partial charge in [0.05, 0.1) is 0 Å². The Labute approximate surface area is 118 Å². The van der Waals surface area contributed by atoms with E-state index in [0.29, 0.717) is 17.2 Å². The van der Waals surface area contributed by atoms with E-state index in [2.05, 4.69) is 37.5 Å². The van der Waals surface area contributed by atoms with Crippen molar-refractivity contribution >= 4 is 5.78 Å². The van der Waals surface area contributed by atoms with Crippen LogP contribution in [0.25, 0.3) is 0 Å². The minimum absolute atomic E-state index is 0.282. The van der Waals surface area contributed by atoms with Crippen molar-refractivity contribution in [1.82, 2.24) is 9.80 Å². The molecule has 2 aliphatic rings. The zero-order valence-corrected chi connectivity index (χ0v) is 13.1. The summed E-state index contributed by atoms with van der Waals surface area (Å²) in [6, 6.07) is 0.630. The zero-order valence-electron chi connectivity index (χ0n) is 13.1. The predicted octanol–water partition coefficient (Wildman–Crippen LogP) is 2.41. The first-order valence-electron chi connectivity index (χ1n) is 7.90. The predicted molar refractivity (Wildman–Crippen MR) is 79.3 cm³/mol.